The van der Waals surface area contributed by atoms with Crippen LogP contribution in [0.1, 0.15) is 61.0 Å². The number of aromatic amines is 1. The highest BCUT2D eigenvalue weighted by Crippen LogP contribution is 2.32. The first-order valence-corrected chi connectivity index (χ1v) is 7.38. The molecule has 0 atom stereocenters. The summed E-state index contributed by atoms with van der Waals surface area (Å²) >= 11 is 0. The lowest BCUT2D eigenvalue weighted by atomic mass is 9.92. The SMILES string of the molecule is CC(C)c1cccc(C(C)C)c1NC(=O)c1cnc[nH]c1=O. The van der Waals surface area contributed by atoms with Crippen LogP contribution >= 0.6 is 0 Å². The van der Waals surface area contributed by atoms with Crippen molar-refractivity contribution in [2.45, 2.75) is 39.5 Å². The topological polar surface area (TPSA) is 74.8 Å². The van der Waals surface area contributed by atoms with Gasteiger partial charge in [0.2, 0.25) is 0 Å². The van der Waals surface area contributed by atoms with Crippen LogP contribution in [0.2, 0.25) is 0 Å². The number of anilines is 1. The molecule has 1 heterocycles. The van der Waals surface area contributed by atoms with Crippen molar-refractivity contribution in [2.24, 2.45) is 0 Å². The highest BCUT2D eigenvalue weighted by atomic mass is 16.2. The fourth-order valence-corrected chi connectivity index (χ4v) is 2.38. The van der Waals surface area contributed by atoms with Crippen molar-refractivity contribution in [1.29, 1.82) is 0 Å². The van der Waals surface area contributed by atoms with Gasteiger partial charge < -0.3 is 10.3 Å². The summed E-state index contributed by atoms with van der Waals surface area (Å²) < 4.78 is 0. The molecule has 116 valence electrons. The maximum absolute atomic E-state index is 12.4. The first kappa shape index (κ1) is 15.9. The second-order valence-electron chi connectivity index (χ2n) is 5.87. The minimum Gasteiger partial charge on any atom is -0.321 e. The monoisotopic (exact) mass is 299 g/mol. The number of para-hydroxylation sites is 1. The van der Waals surface area contributed by atoms with Crippen molar-refractivity contribution in [3.8, 4) is 0 Å². The molecule has 5 nitrogen and oxygen atoms in total. The van der Waals surface area contributed by atoms with Crippen LogP contribution in [0.3, 0.4) is 0 Å². The summed E-state index contributed by atoms with van der Waals surface area (Å²) in [7, 11) is 0. The summed E-state index contributed by atoms with van der Waals surface area (Å²) in [4.78, 5) is 30.4. The Hall–Kier alpha value is -2.43. The molecule has 22 heavy (non-hydrogen) atoms. The normalized spacial score (nSPS) is 11.0. The molecule has 5 heteroatoms. The van der Waals surface area contributed by atoms with E-state index in [1.54, 1.807) is 0 Å². The third kappa shape index (κ3) is 3.24. The van der Waals surface area contributed by atoms with E-state index >= 15 is 0 Å². The summed E-state index contributed by atoms with van der Waals surface area (Å²) in [6, 6.07) is 6.00. The molecule has 0 spiro atoms. The lowest BCUT2D eigenvalue weighted by Gasteiger charge is -2.20. The molecule has 0 fully saturated rings. The number of benzene rings is 1. The summed E-state index contributed by atoms with van der Waals surface area (Å²) in [6.07, 6.45) is 2.54. The molecule has 0 bridgehead atoms. The van der Waals surface area contributed by atoms with Crippen molar-refractivity contribution in [3.63, 3.8) is 0 Å². The molecule has 0 saturated carbocycles. The minimum atomic E-state index is -0.444. The van der Waals surface area contributed by atoms with Gasteiger partial charge in [-0.3, -0.25) is 9.59 Å². The van der Waals surface area contributed by atoms with Crippen LogP contribution in [0.4, 0.5) is 5.69 Å². The lowest BCUT2D eigenvalue weighted by Crippen LogP contribution is -2.24. The van der Waals surface area contributed by atoms with E-state index in [2.05, 4.69) is 43.0 Å². The van der Waals surface area contributed by atoms with Crippen molar-refractivity contribution >= 4 is 11.6 Å². The van der Waals surface area contributed by atoms with E-state index in [1.165, 1.54) is 12.5 Å². The molecule has 2 N–H and O–H groups in total. The zero-order chi connectivity index (χ0) is 16.3. The number of H-pyrrole nitrogens is 1. The van der Waals surface area contributed by atoms with E-state index in [4.69, 9.17) is 0 Å². The Balaban J connectivity index is 2.46. The van der Waals surface area contributed by atoms with Crippen LogP contribution in [0.25, 0.3) is 0 Å². The average molecular weight is 299 g/mol. The van der Waals surface area contributed by atoms with Crippen molar-refractivity contribution < 1.29 is 4.79 Å². The van der Waals surface area contributed by atoms with Gasteiger partial charge in [0.1, 0.15) is 5.56 Å². The summed E-state index contributed by atoms with van der Waals surface area (Å²) in [5.74, 6) is 0.0896. The molecular formula is C17H21N3O2. The number of aromatic nitrogens is 2. The van der Waals surface area contributed by atoms with Gasteiger partial charge in [0.15, 0.2) is 0 Å². The van der Waals surface area contributed by atoms with Gasteiger partial charge in [0.05, 0.1) is 6.33 Å². The van der Waals surface area contributed by atoms with Gasteiger partial charge in [-0.05, 0) is 23.0 Å². The second-order valence-corrected chi connectivity index (χ2v) is 5.87. The van der Waals surface area contributed by atoms with E-state index in [1.807, 2.05) is 18.2 Å². The molecule has 2 rings (SSSR count). The van der Waals surface area contributed by atoms with Crippen LogP contribution < -0.4 is 10.9 Å². The van der Waals surface area contributed by atoms with E-state index < -0.39 is 11.5 Å². The first-order valence-electron chi connectivity index (χ1n) is 7.38. The summed E-state index contributed by atoms with van der Waals surface area (Å²) in [5, 5.41) is 2.90. The number of carbonyl (C=O) groups is 1. The Bertz CT molecular complexity index is 706. The molecule has 0 unspecified atom stereocenters. The molecule has 1 amide bonds. The fraction of sp³-hybridized carbons (Fsp3) is 0.353. The van der Waals surface area contributed by atoms with Crippen molar-refractivity contribution in [1.82, 2.24) is 9.97 Å². The van der Waals surface area contributed by atoms with Gasteiger partial charge in [-0.25, -0.2) is 4.98 Å². The minimum absolute atomic E-state index is 0.00997. The molecular weight excluding hydrogens is 278 g/mol. The van der Waals surface area contributed by atoms with Crippen LogP contribution in [-0.4, -0.2) is 15.9 Å². The van der Waals surface area contributed by atoms with Crippen molar-refractivity contribution in [2.75, 3.05) is 5.32 Å². The number of nitrogens with zero attached hydrogens (tertiary/aromatic N) is 1. The van der Waals surface area contributed by atoms with Crippen LogP contribution in [-0.2, 0) is 0 Å². The van der Waals surface area contributed by atoms with E-state index in [0.29, 0.717) is 0 Å². The quantitative estimate of drug-likeness (QED) is 0.909. The van der Waals surface area contributed by atoms with Gasteiger partial charge in [-0.2, -0.15) is 0 Å². The molecule has 0 aliphatic rings. The van der Waals surface area contributed by atoms with Gasteiger partial charge in [0.25, 0.3) is 11.5 Å². The fourth-order valence-electron chi connectivity index (χ4n) is 2.38. The second kappa shape index (κ2) is 6.56. The Morgan fingerprint density at radius 3 is 2.23 bits per heavy atom. The largest absolute Gasteiger partial charge is 0.321 e. The van der Waals surface area contributed by atoms with E-state index in [-0.39, 0.29) is 17.4 Å². The predicted molar refractivity (Wildman–Crippen MR) is 87.4 cm³/mol. The van der Waals surface area contributed by atoms with Crippen LogP contribution in [0.15, 0.2) is 35.5 Å². The number of hydrogen-bond acceptors (Lipinski definition) is 3. The number of hydrogen-bond donors (Lipinski definition) is 2. The Morgan fingerprint density at radius 1 is 1.14 bits per heavy atom. The third-order valence-corrected chi connectivity index (χ3v) is 3.57. The molecule has 1 aromatic heterocycles. The van der Waals surface area contributed by atoms with Crippen LogP contribution in [0, 0.1) is 0 Å². The molecule has 0 aliphatic carbocycles. The number of rotatable bonds is 4. The predicted octanol–water partition coefficient (Wildman–Crippen LogP) is 3.27. The first-order chi connectivity index (χ1) is 10.4. The Morgan fingerprint density at radius 2 is 1.73 bits per heavy atom. The van der Waals surface area contributed by atoms with Gasteiger partial charge in [-0.15, -0.1) is 0 Å². The highest BCUT2D eigenvalue weighted by Gasteiger charge is 2.18. The zero-order valence-electron chi connectivity index (χ0n) is 13.3. The van der Waals surface area contributed by atoms with E-state index in [9.17, 15) is 9.59 Å². The van der Waals surface area contributed by atoms with Crippen LogP contribution in [0.5, 0.6) is 0 Å². The van der Waals surface area contributed by atoms with Gasteiger partial charge in [-0.1, -0.05) is 45.9 Å². The molecule has 0 radical (unpaired) electrons. The highest BCUT2D eigenvalue weighted by molar-refractivity contribution is 6.04. The van der Waals surface area contributed by atoms with Gasteiger partial charge >= 0.3 is 0 Å². The maximum Gasteiger partial charge on any atom is 0.263 e. The average Bonchev–Trinajstić information content (AvgIpc) is 2.47. The smallest absolute Gasteiger partial charge is 0.263 e. The maximum atomic E-state index is 12.4. The number of carbonyl (C=O) groups excluding carboxylic acids is 1. The number of amides is 1. The lowest BCUT2D eigenvalue weighted by molar-refractivity contribution is 0.102. The molecule has 2 aromatic rings. The summed E-state index contributed by atoms with van der Waals surface area (Å²) in [5.41, 5.74) is 2.47. The third-order valence-electron chi connectivity index (χ3n) is 3.57. The van der Waals surface area contributed by atoms with Crippen molar-refractivity contribution in [3.05, 3.63) is 57.8 Å². The Kier molecular flexibility index (Phi) is 4.75. The number of nitrogens with one attached hydrogen (secondary N) is 2. The summed E-state index contributed by atoms with van der Waals surface area (Å²) in [6.45, 7) is 8.30. The zero-order valence-corrected chi connectivity index (χ0v) is 13.3. The molecule has 0 aliphatic heterocycles. The molecule has 0 saturated heterocycles. The standard InChI is InChI=1S/C17H21N3O2/c1-10(2)12-6-5-7-13(11(3)4)15(12)20-17(22)14-8-18-9-19-16(14)21/h5-11H,1-4H3,(H,20,22)(H,18,19,21). The van der Waals surface area contributed by atoms with Gasteiger partial charge in [0, 0.05) is 11.9 Å². The van der Waals surface area contributed by atoms with E-state index in [0.717, 1.165) is 16.8 Å². The molecule has 1 aromatic carbocycles. The Labute approximate surface area is 129 Å².